The van der Waals surface area contributed by atoms with E-state index in [1.807, 2.05) is 42.5 Å². The number of amides is 1. The lowest BCUT2D eigenvalue weighted by Crippen LogP contribution is -2.41. The van der Waals surface area contributed by atoms with Crippen molar-refractivity contribution in [2.75, 3.05) is 0 Å². The van der Waals surface area contributed by atoms with Gasteiger partial charge in [-0.3, -0.25) is 10.1 Å². The molecule has 0 bridgehead atoms. The van der Waals surface area contributed by atoms with Gasteiger partial charge in [-0.1, -0.05) is 54.6 Å². The molecule has 2 aromatic carbocycles. The summed E-state index contributed by atoms with van der Waals surface area (Å²) >= 11 is 0. The van der Waals surface area contributed by atoms with Gasteiger partial charge in [0.05, 0.1) is 12.5 Å². The summed E-state index contributed by atoms with van der Waals surface area (Å²) in [5, 5.41) is 2.51. The number of benzene rings is 2. The zero-order valence-electron chi connectivity index (χ0n) is 10.9. The van der Waals surface area contributed by atoms with Gasteiger partial charge in [-0.05, 0) is 16.7 Å². The molecule has 1 unspecified atom stereocenters. The summed E-state index contributed by atoms with van der Waals surface area (Å²) in [5.74, 6) is 0.105. The van der Waals surface area contributed by atoms with Crippen molar-refractivity contribution in [2.24, 2.45) is 10.7 Å². The van der Waals surface area contributed by atoms with Crippen LogP contribution in [0.2, 0.25) is 0 Å². The fourth-order valence-electron chi connectivity index (χ4n) is 2.34. The highest BCUT2D eigenvalue weighted by molar-refractivity contribution is 5.98. The van der Waals surface area contributed by atoms with Gasteiger partial charge >= 0.3 is 0 Å². The number of hydrogen-bond acceptors (Lipinski definition) is 3. The van der Waals surface area contributed by atoms with Gasteiger partial charge in [-0.15, -0.1) is 0 Å². The Bertz CT molecular complexity index is 647. The second-order valence-electron chi connectivity index (χ2n) is 4.77. The van der Waals surface area contributed by atoms with Crippen LogP contribution >= 0.6 is 0 Å². The monoisotopic (exact) mass is 265 g/mol. The lowest BCUT2D eigenvalue weighted by molar-refractivity contribution is -0.120. The maximum absolute atomic E-state index is 11.5. The first kappa shape index (κ1) is 12.4. The van der Waals surface area contributed by atoms with E-state index in [-0.39, 0.29) is 17.9 Å². The number of aliphatic imine (C=N–C) groups is 1. The zero-order valence-corrected chi connectivity index (χ0v) is 10.9. The molecule has 0 aromatic heterocycles. The number of carbonyl (C=O) groups excluding carboxylic acids is 1. The van der Waals surface area contributed by atoms with Crippen molar-refractivity contribution in [2.45, 2.75) is 12.5 Å². The molecule has 3 rings (SSSR count). The number of carbonyl (C=O) groups is 1. The summed E-state index contributed by atoms with van der Waals surface area (Å²) in [6.45, 7) is 0. The minimum Gasteiger partial charge on any atom is -0.370 e. The molecule has 0 spiro atoms. The number of nitrogens with zero attached hydrogens (tertiary/aromatic N) is 1. The van der Waals surface area contributed by atoms with Gasteiger partial charge in [0.2, 0.25) is 5.91 Å². The molecule has 1 aliphatic rings. The fraction of sp³-hybridized carbons (Fsp3) is 0.125. The molecular formula is C16H15N3O. The third kappa shape index (κ3) is 2.54. The van der Waals surface area contributed by atoms with Crippen molar-refractivity contribution in [1.82, 2.24) is 5.32 Å². The summed E-state index contributed by atoms with van der Waals surface area (Å²) in [6, 6.07) is 18.1. The Morgan fingerprint density at radius 2 is 1.65 bits per heavy atom. The van der Waals surface area contributed by atoms with Gasteiger partial charge in [-0.25, -0.2) is 4.99 Å². The first-order valence-corrected chi connectivity index (χ1v) is 6.51. The van der Waals surface area contributed by atoms with E-state index >= 15 is 0 Å². The number of hydrogen-bond donors (Lipinski definition) is 2. The summed E-state index contributed by atoms with van der Waals surface area (Å²) in [7, 11) is 0. The Morgan fingerprint density at radius 3 is 2.30 bits per heavy atom. The van der Waals surface area contributed by atoms with E-state index in [4.69, 9.17) is 5.73 Å². The molecule has 0 saturated heterocycles. The average Bonchev–Trinajstić information content (AvgIpc) is 2.47. The minimum absolute atomic E-state index is 0.0883. The highest BCUT2D eigenvalue weighted by Gasteiger charge is 2.20. The first-order chi connectivity index (χ1) is 9.72. The molecule has 4 nitrogen and oxygen atoms in total. The van der Waals surface area contributed by atoms with Crippen LogP contribution in [0.3, 0.4) is 0 Å². The molecule has 20 heavy (non-hydrogen) atoms. The van der Waals surface area contributed by atoms with Crippen molar-refractivity contribution in [3.63, 3.8) is 0 Å². The Hall–Kier alpha value is -2.62. The third-order valence-electron chi connectivity index (χ3n) is 3.34. The van der Waals surface area contributed by atoms with E-state index in [0.29, 0.717) is 6.42 Å². The van der Waals surface area contributed by atoms with Gasteiger partial charge in [0.15, 0.2) is 5.96 Å². The van der Waals surface area contributed by atoms with Gasteiger partial charge in [0.1, 0.15) is 0 Å². The van der Waals surface area contributed by atoms with Crippen molar-refractivity contribution in [3.05, 3.63) is 60.2 Å². The van der Waals surface area contributed by atoms with Crippen molar-refractivity contribution < 1.29 is 4.79 Å². The van der Waals surface area contributed by atoms with Crippen LogP contribution in [-0.2, 0) is 4.79 Å². The van der Waals surface area contributed by atoms with Gasteiger partial charge < -0.3 is 5.73 Å². The maximum Gasteiger partial charge on any atom is 0.229 e. The molecule has 4 heteroatoms. The predicted octanol–water partition coefficient (Wildman–Crippen LogP) is 2.23. The molecule has 1 amide bonds. The summed E-state index contributed by atoms with van der Waals surface area (Å²) < 4.78 is 0. The normalized spacial score (nSPS) is 18.3. The second kappa shape index (κ2) is 5.17. The Kier molecular flexibility index (Phi) is 3.21. The van der Waals surface area contributed by atoms with Crippen LogP contribution in [-0.4, -0.2) is 11.9 Å². The fourth-order valence-corrected chi connectivity index (χ4v) is 2.34. The topological polar surface area (TPSA) is 67.5 Å². The van der Waals surface area contributed by atoms with E-state index in [2.05, 4.69) is 22.4 Å². The van der Waals surface area contributed by atoms with Crippen molar-refractivity contribution in [1.29, 1.82) is 0 Å². The lowest BCUT2D eigenvalue weighted by Gasteiger charge is -2.19. The highest BCUT2D eigenvalue weighted by atomic mass is 16.1. The van der Waals surface area contributed by atoms with Crippen LogP contribution in [0.4, 0.5) is 0 Å². The smallest absolute Gasteiger partial charge is 0.229 e. The van der Waals surface area contributed by atoms with Crippen LogP contribution < -0.4 is 11.1 Å². The maximum atomic E-state index is 11.5. The molecule has 0 fully saturated rings. The predicted molar refractivity (Wildman–Crippen MR) is 79.0 cm³/mol. The summed E-state index contributed by atoms with van der Waals surface area (Å²) in [5.41, 5.74) is 8.91. The number of rotatable bonds is 2. The number of guanidine groups is 1. The van der Waals surface area contributed by atoms with E-state index < -0.39 is 0 Å². The molecular weight excluding hydrogens is 250 g/mol. The SMILES string of the molecule is NC1=NC(c2ccc(-c3ccccc3)cc2)CC(=O)N1. The summed E-state index contributed by atoms with van der Waals surface area (Å²) in [6.07, 6.45) is 0.339. The van der Waals surface area contributed by atoms with E-state index in [9.17, 15) is 4.79 Å². The molecule has 3 N–H and O–H groups in total. The molecule has 2 aromatic rings. The van der Waals surface area contributed by atoms with Crippen LogP contribution in [0, 0.1) is 0 Å². The van der Waals surface area contributed by atoms with Crippen molar-refractivity contribution in [3.8, 4) is 11.1 Å². The quantitative estimate of drug-likeness (QED) is 0.874. The highest BCUT2D eigenvalue weighted by Crippen LogP contribution is 2.26. The minimum atomic E-state index is -0.187. The lowest BCUT2D eigenvalue weighted by atomic mass is 9.99. The molecule has 0 radical (unpaired) electrons. The largest absolute Gasteiger partial charge is 0.370 e. The number of nitrogens with two attached hydrogens (primary N) is 1. The van der Waals surface area contributed by atoms with Gasteiger partial charge in [0.25, 0.3) is 0 Å². The summed E-state index contributed by atoms with van der Waals surface area (Å²) in [4.78, 5) is 15.7. The van der Waals surface area contributed by atoms with Gasteiger partial charge in [0, 0.05) is 0 Å². The van der Waals surface area contributed by atoms with Crippen molar-refractivity contribution >= 4 is 11.9 Å². The Morgan fingerprint density at radius 1 is 1.00 bits per heavy atom. The molecule has 1 atom stereocenters. The second-order valence-corrected chi connectivity index (χ2v) is 4.77. The Balaban J connectivity index is 1.87. The first-order valence-electron chi connectivity index (χ1n) is 6.51. The van der Waals surface area contributed by atoms with Crippen LogP contribution in [0.5, 0.6) is 0 Å². The standard InChI is InChI=1S/C16H15N3O/c17-16-18-14(10-15(20)19-16)13-8-6-12(7-9-13)11-4-2-1-3-5-11/h1-9,14H,10H2,(H3,17,18,19,20). The van der Waals surface area contributed by atoms with E-state index in [1.54, 1.807) is 0 Å². The molecule has 1 heterocycles. The zero-order chi connectivity index (χ0) is 13.9. The molecule has 0 aliphatic carbocycles. The average molecular weight is 265 g/mol. The van der Waals surface area contributed by atoms with Crippen LogP contribution in [0.15, 0.2) is 59.6 Å². The van der Waals surface area contributed by atoms with Crippen LogP contribution in [0.25, 0.3) is 11.1 Å². The Labute approximate surface area is 117 Å². The number of nitrogens with one attached hydrogen (secondary N) is 1. The van der Waals surface area contributed by atoms with E-state index in [1.165, 1.54) is 5.56 Å². The molecule has 100 valence electrons. The van der Waals surface area contributed by atoms with E-state index in [0.717, 1.165) is 11.1 Å². The molecule has 0 saturated carbocycles. The third-order valence-corrected chi connectivity index (χ3v) is 3.34. The van der Waals surface area contributed by atoms with Crippen LogP contribution in [0.1, 0.15) is 18.0 Å². The molecule has 1 aliphatic heterocycles. The van der Waals surface area contributed by atoms with Gasteiger partial charge in [-0.2, -0.15) is 0 Å².